The van der Waals surface area contributed by atoms with Crippen molar-refractivity contribution in [3.05, 3.63) is 24.3 Å². The molecule has 22 heavy (non-hydrogen) atoms. The first kappa shape index (κ1) is 19.4. The molecule has 4 unspecified atom stereocenters. The van der Waals surface area contributed by atoms with E-state index >= 15 is 0 Å². The summed E-state index contributed by atoms with van der Waals surface area (Å²) in [6, 6.07) is 0. The first-order chi connectivity index (χ1) is 10.6. The fraction of sp³-hybridized carbons (Fsp3) is 0.800. The highest BCUT2D eigenvalue weighted by atomic mass is 17.2. The SMILES string of the molecule is CC/C=C/C(CC)C/C=C/C1(CC)CC(CC)C(CC)OO1. The predicted octanol–water partition coefficient (Wildman–Crippen LogP) is 6.23. The monoisotopic (exact) mass is 308 g/mol. The van der Waals surface area contributed by atoms with Gasteiger partial charge in [0.1, 0.15) is 5.60 Å². The van der Waals surface area contributed by atoms with Crippen molar-refractivity contribution in [2.24, 2.45) is 11.8 Å². The van der Waals surface area contributed by atoms with Gasteiger partial charge >= 0.3 is 0 Å². The van der Waals surface area contributed by atoms with Gasteiger partial charge in [-0.15, -0.1) is 0 Å². The van der Waals surface area contributed by atoms with Crippen LogP contribution in [-0.2, 0) is 9.78 Å². The molecule has 2 nitrogen and oxygen atoms in total. The van der Waals surface area contributed by atoms with Crippen LogP contribution in [0.2, 0.25) is 0 Å². The molecule has 0 aliphatic carbocycles. The molecule has 1 rings (SSSR count). The molecule has 0 radical (unpaired) electrons. The molecule has 128 valence electrons. The molecule has 1 saturated heterocycles. The number of hydrogen-bond donors (Lipinski definition) is 0. The van der Waals surface area contributed by atoms with E-state index in [-0.39, 0.29) is 11.7 Å². The van der Waals surface area contributed by atoms with Gasteiger partial charge in [-0.1, -0.05) is 65.3 Å². The fourth-order valence-electron chi connectivity index (χ4n) is 3.24. The minimum atomic E-state index is -0.223. The average Bonchev–Trinajstić information content (AvgIpc) is 2.57. The minimum Gasteiger partial charge on any atom is -0.232 e. The number of allylic oxidation sites excluding steroid dienone is 3. The molecule has 1 aliphatic rings. The standard InChI is InChI=1S/C20H36O2/c1-6-11-13-17(7-2)14-12-15-20(10-5)16-18(8-3)19(9-4)21-22-20/h11-13,15,17-19H,6-10,14,16H2,1-5H3/b13-11+,15-12+. The van der Waals surface area contributed by atoms with Gasteiger partial charge in [-0.05, 0) is 50.4 Å². The molecule has 2 heteroatoms. The van der Waals surface area contributed by atoms with Gasteiger partial charge in [0.25, 0.3) is 0 Å². The van der Waals surface area contributed by atoms with Crippen molar-refractivity contribution >= 4 is 0 Å². The summed E-state index contributed by atoms with van der Waals surface area (Å²) >= 11 is 0. The highest BCUT2D eigenvalue weighted by Crippen LogP contribution is 2.37. The van der Waals surface area contributed by atoms with Crippen LogP contribution >= 0.6 is 0 Å². The van der Waals surface area contributed by atoms with Gasteiger partial charge in [0.15, 0.2) is 0 Å². The summed E-state index contributed by atoms with van der Waals surface area (Å²) in [6.07, 6.45) is 17.1. The Hall–Kier alpha value is -0.600. The molecule has 0 saturated carbocycles. The molecule has 0 aromatic heterocycles. The van der Waals surface area contributed by atoms with Gasteiger partial charge in [0.2, 0.25) is 0 Å². The summed E-state index contributed by atoms with van der Waals surface area (Å²) in [5.41, 5.74) is -0.223. The largest absolute Gasteiger partial charge is 0.232 e. The number of hydrogen-bond acceptors (Lipinski definition) is 2. The Morgan fingerprint density at radius 1 is 1.09 bits per heavy atom. The Morgan fingerprint density at radius 2 is 1.86 bits per heavy atom. The maximum absolute atomic E-state index is 5.84. The molecule has 0 bridgehead atoms. The fourth-order valence-corrected chi connectivity index (χ4v) is 3.24. The van der Waals surface area contributed by atoms with Crippen LogP contribution in [-0.4, -0.2) is 11.7 Å². The van der Waals surface area contributed by atoms with E-state index in [4.69, 9.17) is 9.78 Å². The molecule has 0 aromatic rings. The van der Waals surface area contributed by atoms with Gasteiger partial charge in [-0.3, -0.25) is 0 Å². The molecule has 1 aliphatic heterocycles. The molecule has 0 aromatic carbocycles. The van der Waals surface area contributed by atoms with E-state index < -0.39 is 0 Å². The first-order valence-electron chi connectivity index (χ1n) is 9.33. The van der Waals surface area contributed by atoms with Crippen molar-refractivity contribution in [1.82, 2.24) is 0 Å². The van der Waals surface area contributed by atoms with Crippen LogP contribution in [0.25, 0.3) is 0 Å². The van der Waals surface area contributed by atoms with E-state index in [9.17, 15) is 0 Å². The van der Waals surface area contributed by atoms with Crippen molar-refractivity contribution in [2.75, 3.05) is 0 Å². The predicted molar refractivity (Wildman–Crippen MR) is 94.6 cm³/mol. The van der Waals surface area contributed by atoms with E-state index in [1.807, 2.05) is 0 Å². The van der Waals surface area contributed by atoms with Crippen LogP contribution in [0.3, 0.4) is 0 Å². The summed E-state index contributed by atoms with van der Waals surface area (Å²) < 4.78 is 0. The summed E-state index contributed by atoms with van der Waals surface area (Å²) in [4.78, 5) is 11.6. The number of rotatable bonds is 9. The lowest BCUT2D eigenvalue weighted by atomic mass is 9.81. The van der Waals surface area contributed by atoms with Crippen molar-refractivity contribution in [2.45, 2.75) is 91.3 Å². The molecular weight excluding hydrogens is 272 g/mol. The summed E-state index contributed by atoms with van der Waals surface area (Å²) in [6.45, 7) is 11.1. The maximum atomic E-state index is 5.84. The topological polar surface area (TPSA) is 18.5 Å². The quantitative estimate of drug-likeness (QED) is 0.371. The second-order valence-corrected chi connectivity index (χ2v) is 6.56. The van der Waals surface area contributed by atoms with Crippen LogP contribution in [0.1, 0.15) is 79.6 Å². The van der Waals surface area contributed by atoms with Crippen LogP contribution in [0.5, 0.6) is 0 Å². The zero-order valence-electron chi connectivity index (χ0n) is 15.3. The Morgan fingerprint density at radius 3 is 2.41 bits per heavy atom. The zero-order chi connectivity index (χ0) is 16.4. The Bertz CT molecular complexity index is 348. The molecule has 0 N–H and O–H groups in total. The average molecular weight is 309 g/mol. The molecule has 4 atom stereocenters. The molecule has 0 amide bonds. The first-order valence-corrected chi connectivity index (χ1v) is 9.33. The minimum absolute atomic E-state index is 0.223. The van der Waals surface area contributed by atoms with E-state index in [0.29, 0.717) is 11.8 Å². The molecule has 1 heterocycles. The van der Waals surface area contributed by atoms with E-state index in [1.54, 1.807) is 0 Å². The Kier molecular flexibility index (Phi) is 9.04. The van der Waals surface area contributed by atoms with Crippen molar-refractivity contribution < 1.29 is 9.78 Å². The normalized spacial score (nSPS) is 31.1. The van der Waals surface area contributed by atoms with E-state index in [0.717, 1.165) is 38.5 Å². The lowest BCUT2D eigenvalue weighted by molar-refractivity contribution is -0.410. The Balaban J connectivity index is 2.66. The summed E-state index contributed by atoms with van der Waals surface area (Å²) in [5.74, 6) is 1.24. The van der Waals surface area contributed by atoms with Gasteiger partial charge in [0, 0.05) is 0 Å². The second kappa shape index (κ2) is 10.2. The van der Waals surface area contributed by atoms with Crippen molar-refractivity contribution in [1.29, 1.82) is 0 Å². The third-order valence-electron chi connectivity index (χ3n) is 5.03. The van der Waals surface area contributed by atoms with Gasteiger partial charge in [-0.25, -0.2) is 9.78 Å². The Labute approximate surface area is 137 Å². The third-order valence-corrected chi connectivity index (χ3v) is 5.03. The van der Waals surface area contributed by atoms with Crippen molar-refractivity contribution in [3.8, 4) is 0 Å². The highest BCUT2D eigenvalue weighted by Gasteiger charge is 2.39. The van der Waals surface area contributed by atoms with Crippen LogP contribution in [0.4, 0.5) is 0 Å². The van der Waals surface area contributed by atoms with Crippen LogP contribution in [0.15, 0.2) is 24.3 Å². The molecule has 1 fully saturated rings. The molecule has 0 spiro atoms. The highest BCUT2D eigenvalue weighted by molar-refractivity contribution is 5.05. The smallest absolute Gasteiger partial charge is 0.122 e. The summed E-state index contributed by atoms with van der Waals surface area (Å²) in [7, 11) is 0. The third kappa shape index (κ3) is 5.55. The van der Waals surface area contributed by atoms with Gasteiger partial charge in [0.05, 0.1) is 6.10 Å². The lowest BCUT2D eigenvalue weighted by Crippen LogP contribution is -2.43. The summed E-state index contributed by atoms with van der Waals surface area (Å²) in [5, 5.41) is 0. The molecular formula is C20H36O2. The lowest BCUT2D eigenvalue weighted by Gasteiger charge is -2.41. The van der Waals surface area contributed by atoms with E-state index in [1.165, 1.54) is 6.42 Å². The maximum Gasteiger partial charge on any atom is 0.122 e. The van der Waals surface area contributed by atoms with Crippen LogP contribution in [0, 0.1) is 11.8 Å². The van der Waals surface area contributed by atoms with Crippen LogP contribution < -0.4 is 0 Å². The van der Waals surface area contributed by atoms with E-state index in [2.05, 4.69) is 58.9 Å². The van der Waals surface area contributed by atoms with Crippen molar-refractivity contribution in [3.63, 3.8) is 0 Å². The van der Waals surface area contributed by atoms with Gasteiger partial charge < -0.3 is 0 Å². The zero-order valence-corrected chi connectivity index (χ0v) is 15.3. The second-order valence-electron chi connectivity index (χ2n) is 6.56. The van der Waals surface area contributed by atoms with Gasteiger partial charge in [-0.2, -0.15) is 0 Å².